The molecule has 15 heavy (non-hydrogen) atoms. The van der Waals surface area contributed by atoms with Crippen molar-refractivity contribution in [2.45, 2.75) is 32.3 Å². The Morgan fingerprint density at radius 2 is 1.73 bits per heavy atom. The lowest BCUT2D eigenvalue weighted by molar-refractivity contribution is 0.154. The largest absolute Gasteiger partial charge is 0.388 e. The van der Waals surface area contributed by atoms with Gasteiger partial charge in [-0.2, -0.15) is 0 Å². The van der Waals surface area contributed by atoms with Crippen molar-refractivity contribution in [2.75, 3.05) is 0 Å². The average Bonchev–Trinajstić information content (AvgIpc) is 2.12. The smallest absolute Gasteiger partial charge is 0.134 e. The van der Waals surface area contributed by atoms with Gasteiger partial charge in [-0.15, -0.1) is 0 Å². The van der Waals surface area contributed by atoms with Crippen molar-refractivity contribution < 1.29 is 18.3 Å². The first-order valence-electron chi connectivity index (χ1n) is 4.88. The second-order valence-corrected chi connectivity index (χ2v) is 3.44. The van der Waals surface area contributed by atoms with E-state index in [0.29, 0.717) is 18.6 Å². The number of halogens is 3. The first-order valence-corrected chi connectivity index (χ1v) is 4.88. The van der Waals surface area contributed by atoms with Gasteiger partial charge in [0, 0.05) is 12.1 Å². The van der Waals surface area contributed by atoms with E-state index in [1.54, 1.807) is 0 Å². The summed E-state index contributed by atoms with van der Waals surface area (Å²) in [7, 11) is 0. The second kappa shape index (κ2) is 5.16. The van der Waals surface area contributed by atoms with Gasteiger partial charge in [0.15, 0.2) is 0 Å². The van der Waals surface area contributed by atoms with Crippen molar-refractivity contribution in [3.8, 4) is 0 Å². The highest BCUT2D eigenvalue weighted by molar-refractivity contribution is 5.22. The quantitative estimate of drug-likeness (QED) is 0.821. The predicted octanol–water partition coefficient (Wildman–Crippen LogP) is 3.33. The molecule has 1 rings (SSSR count). The van der Waals surface area contributed by atoms with Gasteiger partial charge >= 0.3 is 0 Å². The minimum atomic E-state index is -1.20. The Hall–Kier alpha value is -1.03. The van der Waals surface area contributed by atoms with Crippen LogP contribution >= 0.6 is 0 Å². The van der Waals surface area contributed by atoms with Gasteiger partial charge in [-0.25, -0.2) is 13.2 Å². The predicted molar refractivity (Wildman–Crippen MR) is 50.8 cm³/mol. The maximum atomic E-state index is 13.1. The van der Waals surface area contributed by atoms with Crippen molar-refractivity contribution >= 4 is 0 Å². The Morgan fingerprint density at radius 1 is 1.20 bits per heavy atom. The van der Waals surface area contributed by atoms with Crippen LogP contribution in [0.2, 0.25) is 0 Å². The minimum Gasteiger partial charge on any atom is -0.388 e. The van der Waals surface area contributed by atoms with Crippen molar-refractivity contribution in [1.82, 2.24) is 0 Å². The first kappa shape index (κ1) is 12.0. The molecule has 84 valence electrons. The van der Waals surface area contributed by atoms with Gasteiger partial charge in [-0.1, -0.05) is 19.8 Å². The fourth-order valence-corrected chi connectivity index (χ4v) is 1.41. The average molecular weight is 218 g/mol. The third kappa shape index (κ3) is 2.96. The molecule has 0 aromatic heterocycles. The van der Waals surface area contributed by atoms with E-state index in [2.05, 4.69) is 0 Å². The zero-order valence-corrected chi connectivity index (χ0v) is 8.43. The number of hydrogen-bond donors (Lipinski definition) is 1. The Balaban J connectivity index is 2.92. The van der Waals surface area contributed by atoms with Gasteiger partial charge in [0.25, 0.3) is 0 Å². The molecule has 0 fully saturated rings. The summed E-state index contributed by atoms with van der Waals surface area (Å²) in [6.45, 7) is 1.91. The molecule has 0 aliphatic heterocycles. The number of hydrogen-bond acceptors (Lipinski definition) is 1. The van der Waals surface area contributed by atoms with Crippen LogP contribution in [0.4, 0.5) is 13.2 Å². The molecule has 0 heterocycles. The summed E-state index contributed by atoms with van der Waals surface area (Å²) in [4.78, 5) is 0. The van der Waals surface area contributed by atoms with Gasteiger partial charge in [0.2, 0.25) is 0 Å². The molecule has 0 saturated heterocycles. The van der Waals surface area contributed by atoms with E-state index < -0.39 is 29.1 Å². The van der Waals surface area contributed by atoms with E-state index in [1.807, 2.05) is 6.92 Å². The van der Waals surface area contributed by atoms with Crippen LogP contribution < -0.4 is 0 Å². The van der Waals surface area contributed by atoms with Crippen molar-refractivity contribution in [3.63, 3.8) is 0 Å². The fraction of sp³-hybridized carbons (Fsp3) is 0.455. The summed E-state index contributed by atoms with van der Waals surface area (Å²) >= 11 is 0. The normalized spacial score (nSPS) is 12.9. The lowest BCUT2D eigenvalue weighted by Crippen LogP contribution is -2.05. The molecule has 0 radical (unpaired) electrons. The highest BCUT2D eigenvalue weighted by atomic mass is 19.1. The fourth-order valence-electron chi connectivity index (χ4n) is 1.41. The molecule has 0 spiro atoms. The molecule has 1 aromatic carbocycles. The van der Waals surface area contributed by atoms with Gasteiger partial charge in [-0.05, 0) is 6.42 Å². The first-order chi connectivity index (χ1) is 7.06. The molecule has 1 N–H and O–H groups in total. The molecular formula is C11H13F3O. The van der Waals surface area contributed by atoms with Gasteiger partial charge in [0.1, 0.15) is 17.5 Å². The molecular weight excluding hydrogens is 205 g/mol. The zero-order chi connectivity index (χ0) is 11.4. The Bertz CT molecular complexity index is 316. The van der Waals surface area contributed by atoms with E-state index in [9.17, 15) is 18.3 Å². The Morgan fingerprint density at radius 3 is 2.20 bits per heavy atom. The number of aliphatic hydroxyl groups excluding tert-OH is 1. The van der Waals surface area contributed by atoms with E-state index >= 15 is 0 Å². The van der Waals surface area contributed by atoms with Crippen molar-refractivity contribution in [1.29, 1.82) is 0 Å². The summed E-state index contributed by atoms with van der Waals surface area (Å²) < 4.78 is 38.9. The standard InChI is InChI=1S/C11H13F3O/c1-2-3-4-10(15)11-8(13)5-7(12)6-9(11)14/h5-6,10,15H,2-4H2,1H3. The molecule has 0 amide bonds. The van der Waals surface area contributed by atoms with Crippen molar-refractivity contribution in [3.05, 3.63) is 35.1 Å². The third-order valence-corrected chi connectivity index (χ3v) is 2.21. The van der Waals surface area contributed by atoms with Gasteiger partial charge in [0.05, 0.1) is 11.7 Å². The van der Waals surface area contributed by atoms with E-state index in [0.717, 1.165) is 6.42 Å². The highest BCUT2D eigenvalue weighted by Gasteiger charge is 2.18. The number of rotatable bonds is 4. The number of unbranched alkanes of at least 4 members (excludes halogenated alkanes) is 1. The summed E-state index contributed by atoms with van der Waals surface area (Å²) in [5.41, 5.74) is -0.440. The maximum Gasteiger partial charge on any atom is 0.134 e. The monoisotopic (exact) mass is 218 g/mol. The summed E-state index contributed by atoms with van der Waals surface area (Å²) in [5, 5.41) is 9.50. The lowest BCUT2D eigenvalue weighted by atomic mass is 10.0. The molecule has 0 saturated carbocycles. The van der Waals surface area contributed by atoms with Gasteiger partial charge < -0.3 is 5.11 Å². The minimum absolute atomic E-state index is 0.274. The number of aliphatic hydroxyl groups is 1. The molecule has 0 aliphatic rings. The molecule has 0 aliphatic carbocycles. The maximum absolute atomic E-state index is 13.1. The topological polar surface area (TPSA) is 20.2 Å². The zero-order valence-electron chi connectivity index (χ0n) is 8.43. The molecule has 0 bridgehead atoms. The SMILES string of the molecule is CCCCC(O)c1c(F)cc(F)cc1F. The second-order valence-electron chi connectivity index (χ2n) is 3.44. The summed E-state index contributed by atoms with van der Waals surface area (Å²) in [6, 6.07) is 1.15. The lowest BCUT2D eigenvalue weighted by Gasteiger charge is -2.12. The highest BCUT2D eigenvalue weighted by Crippen LogP contribution is 2.25. The molecule has 1 atom stereocenters. The molecule has 1 nitrogen and oxygen atoms in total. The van der Waals surface area contributed by atoms with Crippen LogP contribution in [0.3, 0.4) is 0 Å². The van der Waals surface area contributed by atoms with Crippen LogP contribution in [0.15, 0.2) is 12.1 Å². The Labute approximate surface area is 86.5 Å². The van der Waals surface area contributed by atoms with Crippen LogP contribution in [0.5, 0.6) is 0 Å². The van der Waals surface area contributed by atoms with Crippen LogP contribution in [0.1, 0.15) is 37.9 Å². The molecule has 1 unspecified atom stereocenters. The van der Waals surface area contributed by atoms with Gasteiger partial charge in [-0.3, -0.25) is 0 Å². The van der Waals surface area contributed by atoms with E-state index in [-0.39, 0.29) is 6.42 Å². The molecule has 4 heteroatoms. The third-order valence-electron chi connectivity index (χ3n) is 2.21. The van der Waals surface area contributed by atoms with E-state index in [1.165, 1.54) is 0 Å². The molecule has 1 aromatic rings. The summed E-state index contributed by atoms with van der Waals surface area (Å²) in [5.74, 6) is -3.04. The van der Waals surface area contributed by atoms with Crippen LogP contribution in [0.25, 0.3) is 0 Å². The summed E-state index contributed by atoms with van der Waals surface area (Å²) in [6.07, 6.45) is 0.556. The Kier molecular flexibility index (Phi) is 4.15. The van der Waals surface area contributed by atoms with Crippen LogP contribution in [-0.4, -0.2) is 5.11 Å². The van der Waals surface area contributed by atoms with Crippen LogP contribution in [0, 0.1) is 17.5 Å². The number of benzene rings is 1. The van der Waals surface area contributed by atoms with Crippen LogP contribution in [-0.2, 0) is 0 Å². The van der Waals surface area contributed by atoms with E-state index in [4.69, 9.17) is 0 Å². The van der Waals surface area contributed by atoms with Crippen molar-refractivity contribution in [2.24, 2.45) is 0 Å².